The van der Waals surface area contributed by atoms with Crippen molar-refractivity contribution >= 4 is 21.4 Å². The minimum absolute atomic E-state index is 0.0234. The molecule has 0 spiro atoms. The van der Waals surface area contributed by atoms with Gasteiger partial charge in [0.2, 0.25) is 0 Å². The Kier molecular flexibility index (Phi) is 4.23. The third-order valence-electron chi connectivity index (χ3n) is 3.21. The highest BCUT2D eigenvalue weighted by Crippen LogP contribution is 2.32. The molecule has 9 nitrogen and oxygen atoms in total. The Labute approximate surface area is 137 Å². The number of benzene rings is 2. The maximum Gasteiger partial charge on any atom is 0.271 e. The van der Waals surface area contributed by atoms with Gasteiger partial charge in [-0.2, -0.15) is 0 Å². The summed E-state index contributed by atoms with van der Waals surface area (Å²) in [5.41, 5.74) is 2.53. The number of ether oxygens (including phenoxy) is 2. The summed E-state index contributed by atoms with van der Waals surface area (Å²) in [7, 11) is -3.89. The van der Waals surface area contributed by atoms with Gasteiger partial charge in [-0.3, -0.25) is 10.1 Å². The Hall–Kier alpha value is -2.85. The van der Waals surface area contributed by atoms with Crippen LogP contribution in [0.4, 0.5) is 11.4 Å². The molecule has 1 aliphatic heterocycles. The second-order valence-corrected chi connectivity index (χ2v) is 6.53. The first-order valence-corrected chi connectivity index (χ1v) is 8.36. The second-order valence-electron chi connectivity index (χ2n) is 4.84. The average molecular weight is 351 g/mol. The number of hydrogen-bond acceptors (Lipinski definition) is 7. The molecule has 0 radical (unpaired) electrons. The van der Waals surface area contributed by atoms with Crippen LogP contribution in [0.25, 0.3) is 0 Å². The van der Waals surface area contributed by atoms with Crippen LogP contribution < -0.4 is 19.7 Å². The van der Waals surface area contributed by atoms with Crippen molar-refractivity contribution in [2.24, 2.45) is 0 Å². The molecule has 0 aliphatic carbocycles. The normalized spacial score (nSPS) is 13.3. The molecule has 2 aromatic carbocycles. The summed E-state index contributed by atoms with van der Waals surface area (Å²) in [6.45, 7) is 0.752. The first kappa shape index (κ1) is 16.0. The van der Waals surface area contributed by atoms with Crippen LogP contribution in [0.5, 0.6) is 11.5 Å². The molecule has 2 N–H and O–H groups in total. The van der Waals surface area contributed by atoms with Gasteiger partial charge in [0.15, 0.2) is 11.5 Å². The topological polar surface area (TPSA) is 120 Å². The van der Waals surface area contributed by atoms with Crippen LogP contribution in [0, 0.1) is 10.1 Å². The highest BCUT2D eigenvalue weighted by molar-refractivity contribution is 7.89. The molecule has 2 aromatic rings. The van der Waals surface area contributed by atoms with Crippen LogP contribution in [0.3, 0.4) is 0 Å². The molecule has 0 fully saturated rings. The SMILES string of the molecule is O=[N+]([O-])c1cccc(NNS(=O)(=O)c2ccc3c(c2)OCCO3)c1. The standard InChI is InChI=1S/C14H13N3O6S/c18-17(19)11-3-1-2-10(8-11)15-16-24(20,21)12-4-5-13-14(9-12)23-7-6-22-13/h1-5,8-9,15-16H,6-7H2. The van der Waals surface area contributed by atoms with Gasteiger partial charge in [-0.05, 0) is 18.2 Å². The van der Waals surface area contributed by atoms with E-state index in [1.807, 2.05) is 0 Å². The molecular formula is C14H13N3O6S. The molecule has 10 heteroatoms. The quantitative estimate of drug-likeness (QED) is 0.621. The molecular weight excluding hydrogens is 338 g/mol. The van der Waals surface area contributed by atoms with Gasteiger partial charge in [0.05, 0.1) is 15.5 Å². The van der Waals surface area contributed by atoms with Crippen molar-refractivity contribution in [1.29, 1.82) is 0 Å². The largest absolute Gasteiger partial charge is 0.486 e. The van der Waals surface area contributed by atoms with Crippen LogP contribution in [-0.4, -0.2) is 26.6 Å². The van der Waals surface area contributed by atoms with Gasteiger partial charge in [-0.1, -0.05) is 6.07 Å². The highest BCUT2D eigenvalue weighted by Gasteiger charge is 2.19. The number of nitro benzene ring substituents is 1. The lowest BCUT2D eigenvalue weighted by Crippen LogP contribution is -2.29. The van der Waals surface area contributed by atoms with E-state index in [4.69, 9.17) is 9.47 Å². The van der Waals surface area contributed by atoms with E-state index in [-0.39, 0.29) is 16.3 Å². The van der Waals surface area contributed by atoms with Crippen molar-refractivity contribution in [2.45, 2.75) is 4.90 Å². The van der Waals surface area contributed by atoms with Crippen molar-refractivity contribution in [3.63, 3.8) is 0 Å². The van der Waals surface area contributed by atoms with Crippen molar-refractivity contribution in [1.82, 2.24) is 4.83 Å². The predicted molar refractivity (Wildman–Crippen MR) is 84.5 cm³/mol. The van der Waals surface area contributed by atoms with Gasteiger partial charge in [-0.25, -0.2) is 8.42 Å². The summed E-state index contributed by atoms with van der Waals surface area (Å²) in [5, 5.41) is 10.7. The van der Waals surface area contributed by atoms with Crippen molar-refractivity contribution in [3.05, 3.63) is 52.6 Å². The fraction of sp³-hybridized carbons (Fsp3) is 0.143. The van der Waals surface area contributed by atoms with E-state index in [0.717, 1.165) is 0 Å². The van der Waals surface area contributed by atoms with Gasteiger partial charge < -0.3 is 14.9 Å². The van der Waals surface area contributed by atoms with Crippen LogP contribution in [-0.2, 0) is 10.0 Å². The van der Waals surface area contributed by atoms with Crippen molar-refractivity contribution < 1.29 is 22.8 Å². The van der Waals surface area contributed by atoms with E-state index in [0.29, 0.717) is 24.7 Å². The number of anilines is 1. The van der Waals surface area contributed by atoms with E-state index in [1.54, 1.807) is 0 Å². The Bertz CT molecular complexity index is 884. The number of non-ortho nitro benzene ring substituents is 1. The van der Waals surface area contributed by atoms with E-state index in [1.165, 1.54) is 42.5 Å². The minimum atomic E-state index is -3.89. The van der Waals surface area contributed by atoms with Gasteiger partial charge in [0.25, 0.3) is 15.7 Å². The number of fused-ring (bicyclic) bond motifs is 1. The van der Waals surface area contributed by atoms with E-state index >= 15 is 0 Å². The molecule has 0 saturated carbocycles. The number of rotatable bonds is 5. The molecule has 24 heavy (non-hydrogen) atoms. The first-order chi connectivity index (χ1) is 11.5. The third kappa shape index (κ3) is 3.39. The molecule has 0 aromatic heterocycles. The lowest BCUT2D eigenvalue weighted by molar-refractivity contribution is -0.384. The number of hydrazine groups is 1. The first-order valence-electron chi connectivity index (χ1n) is 6.88. The smallest absolute Gasteiger partial charge is 0.271 e. The minimum Gasteiger partial charge on any atom is -0.486 e. The highest BCUT2D eigenvalue weighted by atomic mass is 32.2. The van der Waals surface area contributed by atoms with Gasteiger partial charge in [-0.15, -0.1) is 4.83 Å². The van der Waals surface area contributed by atoms with Crippen molar-refractivity contribution in [3.8, 4) is 11.5 Å². The monoisotopic (exact) mass is 351 g/mol. The summed E-state index contributed by atoms with van der Waals surface area (Å²) in [5.74, 6) is 0.825. The maximum absolute atomic E-state index is 12.3. The van der Waals surface area contributed by atoms with Crippen LogP contribution >= 0.6 is 0 Å². The summed E-state index contributed by atoms with van der Waals surface area (Å²) in [6, 6.07) is 9.71. The zero-order valence-corrected chi connectivity index (χ0v) is 13.1. The van der Waals surface area contributed by atoms with E-state index in [9.17, 15) is 18.5 Å². The zero-order valence-electron chi connectivity index (χ0n) is 12.3. The number of nitrogens with zero attached hydrogens (tertiary/aromatic N) is 1. The van der Waals surface area contributed by atoms with Gasteiger partial charge in [0.1, 0.15) is 13.2 Å². The number of nitro groups is 1. The Morgan fingerprint density at radius 1 is 1.04 bits per heavy atom. The maximum atomic E-state index is 12.3. The Balaban J connectivity index is 1.77. The molecule has 0 amide bonds. The van der Waals surface area contributed by atoms with Crippen LogP contribution in [0.1, 0.15) is 0 Å². The van der Waals surface area contributed by atoms with Gasteiger partial charge >= 0.3 is 0 Å². The van der Waals surface area contributed by atoms with Crippen molar-refractivity contribution in [2.75, 3.05) is 18.6 Å². The summed E-state index contributed by atoms with van der Waals surface area (Å²) in [6.07, 6.45) is 0. The summed E-state index contributed by atoms with van der Waals surface area (Å²) >= 11 is 0. The lowest BCUT2D eigenvalue weighted by Gasteiger charge is -2.19. The summed E-state index contributed by atoms with van der Waals surface area (Å²) < 4.78 is 35.3. The zero-order chi connectivity index (χ0) is 17.2. The Morgan fingerprint density at radius 3 is 2.54 bits per heavy atom. The predicted octanol–water partition coefficient (Wildman–Crippen LogP) is 1.67. The Morgan fingerprint density at radius 2 is 1.79 bits per heavy atom. The number of hydrogen-bond donors (Lipinski definition) is 2. The average Bonchev–Trinajstić information content (AvgIpc) is 2.60. The molecule has 0 unspecified atom stereocenters. The fourth-order valence-electron chi connectivity index (χ4n) is 2.07. The van der Waals surface area contributed by atoms with E-state index in [2.05, 4.69) is 10.3 Å². The van der Waals surface area contributed by atoms with E-state index < -0.39 is 14.9 Å². The molecule has 1 heterocycles. The molecule has 0 atom stereocenters. The molecule has 0 saturated heterocycles. The third-order valence-corrected chi connectivity index (χ3v) is 4.46. The number of sulfonamides is 1. The molecule has 0 bridgehead atoms. The molecule has 1 aliphatic rings. The lowest BCUT2D eigenvalue weighted by atomic mass is 10.3. The fourth-order valence-corrected chi connectivity index (χ4v) is 2.95. The van der Waals surface area contributed by atoms with Gasteiger partial charge in [0, 0.05) is 18.2 Å². The van der Waals surface area contributed by atoms with Crippen LogP contribution in [0.2, 0.25) is 0 Å². The molecule has 3 rings (SSSR count). The second kappa shape index (κ2) is 6.34. The van der Waals surface area contributed by atoms with Crippen LogP contribution in [0.15, 0.2) is 47.4 Å². The number of nitrogens with one attached hydrogen (secondary N) is 2. The molecule has 126 valence electrons. The summed E-state index contributed by atoms with van der Waals surface area (Å²) in [4.78, 5) is 12.3.